The Morgan fingerprint density at radius 2 is 1.76 bits per heavy atom. The highest BCUT2D eigenvalue weighted by molar-refractivity contribution is 5.79. The fourth-order valence-electron chi connectivity index (χ4n) is 2.75. The summed E-state index contributed by atoms with van der Waals surface area (Å²) in [5, 5.41) is 0.596. The molecule has 0 saturated heterocycles. The molecule has 0 aliphatic heterocycles. The molecular formula is C21H16N2O2. The molecular weight excluding hydrogens is 312 g/mol. The molecule has 0 amide bonds. The van der Waals surface area contributed by atoms with Crippen molar-refractivity contribution in [3.05, 3.63) is 94.4 Å². The van der Waals surface area contributed by atoms with Crippen LogP contribution in [0.1, 0.15) is 17.1 Å². The summed E-state index contributed by atoms with van der Waals surface area (Å²) in [6, 6.07) is 18.9. The largest absolute Gasteiger partial charge is 0.465 e. The van der Waals surface area contributed by atoms with Gasteiger partial charge < -0.3 is 4.42 Å². The van der Waals surface area contributed by atoms with Crippen molar-refractivity contribution in [1.29, 1.82) is 0 Å². The maximum absolute atomic E-state index is 13.1. The van der Waals surface area contributed by atoms with Crippen LogP contribution in [0, 0.1) is 6.92 Å². The zero-order valence-corrected chi connectivity index (χ0v) is 13.7. The molecule has 4 nitrogen and oxygen atoms in total. The summed E-state index contributed by atoms with van der Waals surface area (Å²) in [4.78, 5) is 17.7. The average molecular weight is 328 g/mol. The summed E-state index contributed by atoms with van der Waals surface area (Å²) in [6.45, 7) is 2.02. The molecule has 0 spiro atoms. The molecule has 0 unspecified atom stereocenters. The van der Waals surface area contributed by atoms with Gasteiger partial charge in [0.25, 0.3) is 5.56 Å². The van der Waals surface area contributed by atoms with Gasteiger partial charge in [-0.25, -0.2) is 4.98 Å². The van der Waals surface area contributed by atoms with Gasteiger partial charge >= 0.3 is 0 Å². The van der Waals surface area contributed by atoms with Crippen molar-refractivity contribution in [1.82, 2.24) is 9.55 Å². The molecule has 0 aliphatic rings. The van der Waals surface area contributed by atoms with E-state index >= 15 is 0 Å². The zero-order chi connectivity index (χ0) is 17.2. The fourth-order valence-corrected chi connectivity index (χ4v) is 2.75. The van der Waals surface area contributed by atoms with Gasteiger partial charge in [-0.2, -0.15) is 0 Å². The Balaban J connectivity index is 1.97. The second-order valence-electron chi connectivity index (χ2n) is 5.81. The van der Waals surface area contributed by atoms with E-state index in [2.05, 4.69) is 4.98 Å². The molecule has 0 N–H and O–H groups in total. The maximum Gasteiger partial charge on any atom is 0.266 e. The van der Waals surface area contributed by atoms with Crippen molar-refractivity contribution in [3.63, 3.8) is 0 Å². The lowest BCUT2D eigenvalue weighted by Crippen LogP contribution is -2.22. The van der Waals surface area contributed by atoms with Crippen LogP contribution in [-0.4, -0.2) is 9.55 Å². The fraction of sp³-hybridized carbons (Fsp3) is 0.0476. The van der Waals surface area contributed by atoms with E-state index in [0.717, 1.165) is 11.3 Å². The molecule has 122 valence electrons. The number of benzene rings is 2. The van der Waals surface area contributed by atoms with Gasteiger partial charge in [-0.1, -0.05) is 29.8 Å². The molecule has 0 aliphatic carbocycles. The summed E-state index contributed by atoms with van der Waals surface area (Å²) < 4.78 is 6.96. The SMILES string of the molecule is Cc1ccc(-n2c(/C=C/c3ccco3)nc3ccccc3c2=O)cc1. The highest BCUT2D eigenvalue weighted by Crippen LogP contribution is 2.16. The second kappa shape index (κ2) is 6.24. The predicted molar refractivity (Wildman–Crippen MR) is 99.7 cm³/mol. The number of para-hydroxylation sites is 1. The van der Waals surface area contributed by atoms with Gasteiger partial charge in [-0.3, -0.25) is 9.36 Å². The van der Waals surface area contributed by atoms with Crippen molar-refractivity contribution in [2.45, 2.75) is 6.92 Å². The molecule has 25 heavy (non-hydrogen) atoms. The third-order valence-corrected chi connectivity index (χ3v) is 4.03. The average Bonchev–Trinajstić information content (AvgIpc) is 3.15. The van der Waals surface area contributed by atoms with Crippen molar-refractivity contribution in [2.24, 2.45) is 0 Å². The van der Waals surface area contributed by atoms with Crippen molar-refractivity contribution < 1.29 is 4.42 Å². The van der Waals surface area contributed by atoms with Crippen molar-refractivity contribution in [2.75, 3.05) is 0 Å². The van der Waals surface area contributed by atoms with E-state index in [1.54, 1.807) is 29.0 Å². The lowest BCUT2D eigenvalue weighted by atomic mass is 10.2. The Bertz CT molecular complexity index is 1110. The van der Waals surface area contributed by atoms with E-state index in [1.165, 1.54) is 0 Å². The summed E-state index contributed by atoms with van der Waals surface area (Å²) in [7, 11) is 0. The zero-order valence-electron chi connectivity index (χ0n) is 13.7. The number of furan rings is 1. The van der Waals surface area contributed by atoms with Crippen LogP contribution in [-0.2, 0) is 0 Å². The second-order valence-corrected chi connectivity index (χ2v) is 5.81. The normalized spacial score (nSPS) is 11.4. The quantitative estimate of drug-likeness (QED) is 0.558. The molecule has 0 bridgehead atoms. The Morgan fingerprint density at radius 1 is 0.960 bits per heavy atom. The molecule has 4 heteroatoms. The minimum Gasteiger partial charge on any atom is -0.465 e. The summed E-state index contributed by atoms with van der Waals surface area (Å²) in [5.74, 6) is 1.27. The molecule has 0 radical (unpaired) electrons. The number of rotatable bonds is 3. The van der Waals surface area contributed by atoms with Crippen molar-refractivity contribution in [3.8, 4) is 5.69 Å². The highest BCUT2D eigenvalue weighted by Gasteiger charge is 2.10. The standard InChI is InChI=1S/C21H16N2O2/c1-15-8-10-16(11-9-15)23-20(13-12-17-5-4-14-25-17)22-19-7-3-2-6-18(19)21(23)24/h2-14H,1H3/b13-12+. The van der Waals surface area contributed by atoms with E-state index in [4.69, 9.17) is 4.42 Å². The minimum absolute atomic E-state index is 0.0893. The molecule has 0 fully saturated rings. The Morgan fingerprint density at radius 3 is 2.52 bits per heavy atom. The molecule has 0 saturated carbocycles. The topological polar surface area (TPSA) is 48.0 Å². The van der Waals surface area contributed by atoms with Gasteiger partial charge in [0.15, 0.2) is 0 Å². The highest BCUT2D eigenvalue weighted by atomic mass is 16.3. The Hall–Kier alpha value is -3.40. The van der Waals surface area contributed by atoms with E-state index in [-0.39, 0.29) is 5.56 Å². The first-order valence-corrected chi connectivity index (χ1v) is 8.03. The van der Waals surface area contributed by atoms with Gasteiger partial charge in [-0.05, 0) is 55.5 Å². The summed E-state index contributed by atoms with van der Waals surface area (Å²) in [5.41, 5.74) is 2.51. The first kappa shape index (κ1) is 15.1. The number of aryl methyl sites for hydroxylation is 1. The monoisotopic (exact) mass is 328 g/mol. The van der Waals surface area contributed by atoms with Gasteiger partial charge in [-0.15, -0.1) is 0 Å². The lowest BCUT2D eigenvalue weighted by Gasteiger charge is -2.11. The number of nitrogens with zero attached hydrogens (tertiary/aromatic N) is 2. The minimum atomic E-state index is -0.0893. The molecule has 2 heterocycles. The summed E-state index contributed by atoms with van der Waals surface area (Å²) in [6.07, 6.45) is 5.22. The van der Waals surface area contributed by atoms with Crippen LogP contribution in [0.25, 0.3) is 28.7 Å². The molecule has 4 aromatic rings. The maximum atomic E-state index is 13.1. The van der Waals surface area contributed by atoms with E-state index in [0.29, 0.717) is 22.5 Å². The number of hydrogen-bond donors (Lipinski definition) is 0. The van der Waals surface area contributed by atoms with Crippen LogP contribution in [0.2, 0.25) is 0 Å². The van der Waals surface area contributed by atoms with E-state index in [9.17, 15) is 4.79 Å². The van der Waals surface area contributed by atoms with Gasteiger partial charge in [0, 0.05) is 0 Å². The number of aromatic nitrogens is 2. The molecule has 2 aromatic heterocycles. The number of hydrogen-bond acceptors (Lipinski definition) is 3. The smallest absolute Gasteiger partial charge is 0.266 e. The van der Waals surface area contributed by atoms with Crippen LogP contribution >= 0.6 is 0 Å². The first-order valence-electron chi connectivity index (χ1n) is 8.03. The van der Waals surface area contributed by atoms with Crippen LogP contribution in [0.3, 0.4) is 0 Å². The predicted octanol–water partition coefficient (Wildman–Crippen LogP) is 4.46. The van der Waals surface area contributed by atoms with E-state index < -0.39 is 0 Å². The van der Waals surface area contributed by atoms with E-state index in [1.807, 2.05) is 61.5 Å². The third-order valence-electron chi connectivity index (χ3n) is 4.03. The first-order chi connectivity index (χ1) is 12.2. The van der Waals surface area contributed by atoms with Crippen LogP contribution in [0.15, 0.2) is 76.1 Å². The van der Waals surface area contributed by atoms with Gasteiger partial charge in [0.2, 0.25) is 0 Å². The summed E-state index contributed by atoms with van der Waals surface area (Å²) >= 11 is 0. The van der Waals surface area contributed by atoms with Crippen LogP contribution < -0.4 is 5.56 Å². The van der Waals surface area contributed by atoms with Gasteiger partial charge in [0.1, 0.15) is 11.6 Å². The Labute approximate surface area is 144 Å². The van der Waals surface area contributed by atoms with Gasteiger partial charge in [0.05, 0.1) is 22.9 Å². The third kappa shape index (κ3) is 2.90. The molecule has 0 atom stereocenters. The Kier molecular flexibility index (Phi) is 3.78. The van der Waals surface area contributed by atoms with Crippen LogP contribution in [0.4, 0.5) is 0 Å². The van der Waals surface area contributed by atoms with Crippen molar-refractivity contribution >= 4 is 23.1 Å². The lowest BCUT2D eigenvalue weighted by molar-refractivity contribution is 0.557. The van der Waals surface area contributed by atoms with Crippen LogP contribution in [0.5, 0.6) is 0 Å². The number of fused-ring (bicyclic) bond motifs is 1. The molecule has 2 aromatic carbocycles. The molecule has 4 rings (SSSR count).